The summed E-state index contributed by atoms with van der Waals surface area (Å²) in [5, 5.41) is 5.92. The molecule has 0 spiro atoms. The van der Waals surface area contributed by atoms with Crippen LogP contribution in [-0.4, -0.2) is 11.3 Å². The van der Waals surface area contributed by atoms with Crippen LogP contribution in [0.2, 0.25) is 0 Å². The summed E-state index contributed by atoms with van der Waals surface area (Å²) < 4.78 is 0. The molecule has 0 amide bonds. The zero-order valence-corrected chi connectivity index (χ0v) is 24.9. The van der Waals surface area contributed by atoms with Gasteiger partial charge in [-0.2, -0.15) is 0 Å². The van der Waals surface area contributed by atoms with Crippen molar-refractivity contribution in [2.75, 3.05) is 0 Å². The van der Waals surface area contributed by atoms with Gasteiger partial charge in [0.15, 0.2) is 0 Å². The maximum atomic E-state index is 4.88. The summed E-state index contributed by atoms with van der Waals surface area (Å²) in [7, 11) is 8.96. The van der Waals surface area contributed by atoms with Crippen molar-refractivity contribution in [1.29, 1.82) is 0 Å². The van der Waals surface area contributed by atoms with E-state index in [1.54, 1.807) is 0 Å². The van der Waals surface area contributed by atoms with Gasteiger partial charge < -0.3 is 0 Å². The molecule has 0 saturated carbocycles. The van der Waals surface area contributed by atoms with Crippen LogP contribution in [0.5, 0.6) is 0 Å². The van der Waals surface area contributed by atoms with Crippen molar-refractivity contribution in [3.05, 3.63) is 121 Å². The first-order valence-corrected chi connectivity index (χ1v) is 19.7. The SMILES string of the molecule is C[C@@H](C[C@H](C)P(c1ccccc1)c1ccccc1)P(c1ccccc1)c1ccccc1.[Cl][Pt][Cl]. The van der Waals surface area contributed by atoms with Gasteiger partial charge in [-0.25, -0.2) is 0 Å². The molecule has 0 unspecified atom stereocenters. The maximum absolute atomic E-state index is 4.88. The van der Waals surface area contributed by atoms with Crippen LogP contribution in [0.3, 0.4) is 0 Å². The quantitative estimate of drug-likeness (QED) is 0.164. The average molecular weight is 706 g/mol. The van der Waals surface area contributed by atoms with Gasteiger partial charge >= 0.3 is 35.3 Å². The summed E-state index contributed by atoms with van der Waals surface area (Å²) in [6.07, 6.45) is 1.21. The molecule has 4 aromatic carbocycles. The second-order valence-corrected chi connectivity index (χ2v) is 16.7. The molecule has 0 fully saturated rings. The third-order valence-corrected chi connectivity index (χ3v) is 11.3. The Morgan fingerprint density at radius 3 is 0.912 bits per heavy atom. The van der Waals surface area contributed by atoms with Crippen LogP contribution in [0.25, 0.3) is 0 Å². The predicted molar refractivity (Wildman–Crippen MR) is 153 cm³/mol. The third-order valence-electron chi connectivity index (χ3n) is 5.70. The average Bonchev–Trinajstić information content (AvgIpc) is 2.87. The van der Waals surface area contributed by atoms with Crippen LogP contribution in [0.15, 0.2) is 121 Å². The van der Waals surface area contributed by atoms with Gasteiger partial charge in [0.1, 0.15) is 0 Å². The van der Waals surface area contributed by atoms with E-state index in [2.05, 4.69) is 135 Å². The molecule has 34 heavy (non-hydrogen) atoms. The van der Waals surface area contributed by atoms with E-state index >= 15 is 0 Å². The van der Waals surface area contributed by atoms with Gasteiger partial charge in [-0.05, 0) is 54.8 Å². The van der Waals surface area contributed by atoms with Gasteiger partial charge in [0.2, 0.25) is 0 Å². The Bertz CT molecular complexity index is 900. The van der Waals surface area contributed by atoms with Crippen molar-refractivity contribution in [2.45, 2.75) is 31.6 Å². The van der Waals surface area contributed by atoms with E-state index in [1.165, 1.54) is 27.6 Å². The van der Waals surface area contributed by atoms with Gasteiger partial charge in [0.25, 0.3) is 0 Å². The fourth-order valence-corrected chi connectivity index (χ4v) is 10.2. The number of hydrogen-bond donors (Lipinski definition) is 0. The summed E-state index contributed by atoms with van der Waals surface area (Å²) in [6.45, 7) is 4.93. The molecule has 0 aliphatic heterocycles. The number of halogens is 2. The van der Waals surface area contributed by atoms with Crippen molar-refractivity contribution >= 4 is 55.9 Å². The van der Waals surface area contributed by atoms with E-state index in [0.29, 0.717) is 11.3 Å². The minimum absolute atomic E-state index is 0.397. The van der Waals surface area contributed by atoms with Crippen LogP contribution in [0.1, 0.15) is 20.3 Å². The van der Waals surface area contributed by atoms with E-state index < -0.39 is 32.3 Å². The molecule has 0 radical (unpaired) electrons. The topological polar surface area (TPSA) is 0 Å². The zero-order chi connectivity index (χ0) is 24.2. The molecular formula is C29H30Cl2P2Pt. The summed E-state index contributed by atoms with van der Waals surface area (Å²) in [5.41, 5.74) is 1.21. The minimum atomic E-state index is -0.472. The van der Waals surface area contributed by atoms with Gasteiger partial charge in [0, 0.05) is 0 Å². The van der Waals surface area contributed by atoms with E-state index in [0.717, 1.165) is 0 Å². The fourth-order valence-electron chi connectivity index (χ4n) is 4.37. The van der Waals surface area contributed by atoms with Gasteiger partial charge in [0.05, 0.1) is 0 Å². The molecule has 0 aliphatic carbocycles. The molecule has 4 aromatic rings. The van der Waals surface area contributed by atoms with Crippen molar-refractivity contribution in [1.82, 2.24) is 0 Å². The second-order valence-electron chi connectivity index (χ2n) is 8.06. The summed E-state index contributed by atoms with van der Waals surface area (Å²) in [4.78, 5) is 0. The summed E-state index contributed by atoms with van der Waals surface area (Å²) in [6, 6.07) is 44.5. The van der Waals surface area contributed by atoms with Crippen LogP contribution in [0, 0.1) is 0 Å². The van der Waals surface area contributed by atoms with Crippen molar-refractivity contribution in [3.63, 3.8) is 0 Å². The molecular weight excluding hydrogens is 676 g/mol. The van der Waals surface area contributed by atoms with Gasteiger partial charge in [-0.15, -0.1) is 0 Å². The Morgan fingerprint density at radius 1 is 0.500 bits per heavy atom. The number of benzene rings is 4. The second kappa shape index (κ2) is 15.2. The van der Waals surface area contributed by atoms with Gasteiger partial charge in [-0.1, -0.05) is 135 Å². The summed E-state index contributed by atoms with van der Waals surface area (Å²) >= 11 is -0.472. The normalized spacial score (nSPS) is 12.8. The molecule has 0 nitrogen and oxygen atoms in total. The first kappa shape index (κ1) is 27.6. The predicted octanol–water partition coefficient (Wildman–Crippen LogP) is 7.80. The van der Waals surface area contributed by atoms with Gasteiger partial charge in [-0.3, -0.25) is 0 Å². The van der Waals surface area contributed by atoms with Crippen LogP contribution in [0.4, 0.5) is 0 Å². The van der Waals surface area contributed by atoms with E-state index in [4.69, 9.17) is 18.8 Å². The van der Waals surface area contributed by atoms with Crippen LogP contribution < -0.4 is 21.2 Å². The molecule has 0 bridgehead atoms. The third kappa shape index (κ3) is 8.02. The van der Waals surface area contributed by atoms with E-state index in [9.17, 15) is 0 Å². The molecule has 5 heteroatoms. The Labute approximate surface area is 224 Å². The molecule has 0 heterocycles. The Kier molecular flexibility index (Phi) is 12.3. The van der Waals surface area contributed by atoms with Crippen molar-refractivity contribution in [2.24, 2.45) is 0 Å². The fraction of sp³-hybridized carbons (Fsp3) is 0.172. The van der Waals surface area contributed by atoms with Crippen LogP contribution >= 0.6 is 34.7 Å². The first-order chi connectivity index (χ1) is 16.7. The molecule has 2 atom stereocenters. The number of rotatable bonds is 8. The molecule has 0 N–H and O–H groups in total. The number of hydrogen-bond acceptors (Lipinski definition) is 0. The standard InChI is InChI=1S/C29H30P2.2ClH.Pt/c1-24(30(26-15-7-3-8-16-26)27-17-9-4-10-18-27)23-25(2)31(28-19-11-5-12-20-28)29-21-13-6-14-22-29;;;/h3-22,24-25H,23H2,1-2H3;2*1H;/q;;;+2/p-2/t24-,25-;;;/m0.../s1. The zero-order valence-electron chi connectivity index (χ0n) is 19.4. The van der Waals surface area contributed by atoms with Crippen LogP contribution in [-0.2, 0) is 16.5 Å². The molecule has 0 saturated heterocycles. The Balaban J connectivity index is 0.00000103. The summed E-state index contributed by atoms with van der Waals surface area (Å²) in [5.74, 6) is 0. The first-order valence-electron chi connectivity index (χ1n) is 11.3. The monoisotopic (exact) mass is 705 g/mol. The Hall–Kier alpha value is -0.992. The van der Waals surface area contributed by atoms with E-state index in [1.807, 2.05) is 0 Å². The van der Waals surface area contributed by atoms with Crippen molar-refractivity contribution in [3.8, 4) is 0 Å². The van der Waals surface area contributed by atoms with Crippen molar-refractivity contribution < 1.29 is 16.5 Å². The molecule has 0 aromatic heterocycles. The van der Waals surface area contributed by atoms with E-state index in [-0.39, 0.29) is 0 Å². The molecule has 4 rings (SSSR count). The molecule has 180 valence electrons. The Morgan fingerprint density at radius 2 is 0.706 bits per heavy atom. The molecule has 0 aliphatic rings.